The van der Waals surface area contributed by atoms with Crippen molar-refractivity contribution in [1.29, 1.82) is 0 Å². The Bertz CT molecular complexity index is 427. The molecular formula is C17H35IN4O3. The van der Waals surface area contributed by atoms with E-state index in [1.54, 1.807) is 12.0 Å². The number of ether oxygens (including phenoxy) is 2. The third-order valence-corrected chi connectivity index (χ3v) is 3.84. The quantitative estimate of drug-likeness (QED) is 0.367. The molecule has 1 aliphatic heterocycles. The van der Waals surface area contributed by atoms with Crippen LogP contribution in [0.5, 0.6) is 0 Å². The molecule has 0 aromatic heterocycles. The number of hydrogen-bond donors (Lipinski definition) is 1. The zero-order valence-corrected chi connectivity index (χ0v) is 18.6. The molecule has 7 nitrogen and oxygen atoms in total. The summed E-state index contributed by atoms with van der Waals surface area (Å²) >= 11 is 0. The summed E-state index contributed by atoms with van der Waals surface area (Å²) in [6.45, 7) is 11.6. The predicted octanol–water partition coefficient (Wildman–Crippen LogP) is 2.53. The molecule has 0 spiro atoms. The van der Waals surface area contributed by atoms with E-state index < -0.39 is 5.60 Å². The lowest BCUT2D eigenvalue weighted by molar-refractivity contribution is 0.0208. The van der Waals surface area contributed by atoms with Crippen LogP contribution in [-0.2, 0) is 9.47 Å². The van der Waals surface area contributed by atoms with E-state index in [0.717, 1.165) is 19.5 Å². The van der Waals surface area contributed by atoms with Crippen LogP contribution in [0.3, 0.4) is 0 Å². The molecule has 8 heteroatoms. The molecule has 1 heterocycles. The Labute approximate surface area is 169 Å². The average Bonchev–Trinajstić information content (AvgIpc) is 2.48. The highest BCUT2D eigenvalue weighted by molar-refractivity contribution is 14.0. The van der Waals surface area contributed by atoms with Crippen molar-refractivity contribution >= 4 is 36.0 Å². The normalized spacial score (nSPS) is 18.5. The molecule has 0 bridgehead atoms. The maximum absolute atomic E-state index is 12.2. The van der Waals surface area contributed by atoms with Crippen LogP contribution in [0.2, 0.25) is 0 Å². The second-order valence-corrected chi connectivity index (χ2v) is 7.39. The van der Waals surface area contributed by atoms with Crippen molar-refractivity contribution in [2.75, 3.05) is 46.4 Å². The maximum atomic E-state index is 12.2. The van der Waals surface area contributed by atoms with Crippen molar-refractivity contribution in [2.24, 2.45) is 16.6 Å². The summed E-state index contributed by atoms with van der Waals surface area (Å²) in [7, 11) is 1.61. The first-order valence-electron chi connectivity index (χ1n) is 8.74. The molecule has 1 fully saturated rings. The number of nitrogens with zero attached hydrogens (tertiary/aromatic N) is 3. The van der Waals surface area contributed by atoms with Gasteiger partial charge in [0.25, 0.3) is 0 Å². The van der Waals surface area contributed by atoms with Gasteiger partial charge in [-0.15, -0.1) is 24.0 Å². The van der Waals surface area contributed by atoms with E-state index in [2.05, 4.69) is 16.8 Å². The number of likely N-dealkylation sites (tertiary alicyclic amines) is 1. The Morgan fingerprint density at radius 1 is 1.36 bits per heavy atom. The summed E-state index contributed by atoms with van der Waals surface area (Å²) in [4.78, 5) is 20.4. The van der Waals surface area contributed by atoms with Crippen LogP contribution in [0.25, 0.3) is 0 Å². The van der Waals surface area contributed by atoms with Crippen molar-refractivity contribution in [1.82, 2.24) is 9.80 Å². The number of halogens is 1. The van der Waals surface area contributed by atoms with Gasteiger partial charge < -0.3 is 25.0 Å². The third kappa shape index (κ3) is 10.1. The lowest BCUT2D eigenvalue weighted by atomic mass is 10.0. The zero-order chi connectivity index (χ0) is 18.2. The topological polar surface area (TPSA) is 80.4 Å². The third-order valence-electron chi connectivity index (χ3n) is 3.84. The fraction of sp³-hybridized carbons (Fsp3) is 0.882. The number of piperidine rings is 1. The number of hydrogen-bond acceptors (Lipinski definition) is 4. The first-order chi connectivity index (χ1) is 11.2. The lowest BCUT2D eigenvalue weighted by Crippen LogP contribution is -2.44. The predicted molar refractivity (Wildman–Crippen MR) is 112 cm³/mol. The minimum Gasteiger partial charge on any atom is -0.444 e. The highest BCUT2D eigenvalue weighted by Gasteiger charge is 2.22. The molecule has 1 unspecified atom stereocenters. The molecule has 2 N–H and O–H groups in total. The van der Waals surface area contributed by atoms with Crippen molar-refractivity contribution in [2.45, 2.75) is 46.1 Å². The van der Waals surface area contributed by atoms with Crippen LogP contribution < -0.4 is 5.73 Å². The Morgan fingerprint density at radius 3 is 2.60 bits per heavy atom. The first-order valence-corrected chi connectivity index (χ1v) is 8.74. The van der Waals surface area contributed by atoms with Gasteiger partial charge in [0, 0.05) is 33.3 Å². The van der Waals surface area contributed by atoms with E-state index in [9.17, 15) is 4.79 Å². The standard InChI is InChI=1S/C17H34N4O3.HI/c1-14-7-6-9-21(13-14)15(18)19-8-10-20(11-12-23-5)16(22)24-17(2,3)4;/h14H,6-13H2,1-5H3,(H2,18,19);1H. The molecule has 1 aliphatic rings. The molecule has 1 amide bonds. The highest BCUT2D eigenvalue weighted by Crippen LogP contribution is 2.15. The number of amides is 1. The zero-order valence-electron chi connectivity index (χ0n) is 16.3. The monoisotopic (exact) mass is 470 g/mol. The molecule has 0 aromatic rings. The van der Waals surface area contributed by atoms with E-state index in [0.29, 0.717) is 38.1 Å². The van der Waals surface area contributed by atoms with Crippen molar-refractivity contribution < 1.29 is 14.3 Å². The number of guanidine groups is 1. The van der Waals surface area contributed by atoms with Gasteiger partial charge in [-0.25, -0.2) is 4.79 Å². The molecule has 148 valence electrons. The summed E-state index contributed by atoms with van der Waals surface area (Å²) in [5, 5.41) is 0. The van der Waals surface area contributed by atoms with Gasteiger partial charge in [0.2, 0.25) is 0 Å². The van der Waals surface area contributed by atoms with Crippen LogP contribution >= 0.6 is 24.0 Å². The van der Waals surface area contributed by atoms with Gasteiger partial charge in [-0.3, -0.25) is 4.99 Å². The number of carbonyl (C=O) groups is 1. The minimum atomic E-state index is -0.519. The van der Waals surface area contributed by atoms with Gasteiger partial charge in [0.1, 0.15) is 5.60 Å². The van der Waals surface area contributed by atoms with Gasteiger partial charge in [-0.1, -0.05) is 6.92 Å². The SMILES string of the molecule is COCCN(CCN=C(N)N1CCCC(C)C1)C(=O)OC(C)(C)C.I. The number of aliphatic imine (C=N–C) groups is 1. The fourth-order valence-electron chi connectivity index (χ4n) is 2.61. The number of methoxy groups -OCH3 is 1. The van der Waals surface area contributed by atoms with E-state index in [-0.39, 0.29) is 30.1 Å². The summed E-state index contributed by atoms with van der Waals surface area (Å²) in [6, 6.07) is 0. The van der Waals surface area contributed by atoms with Crippen molar-refractivity contribution in [3.8, 4) is 0 Å². The second-order valence-electron chi connectivity index (χ2n) is 7.39. The number of carbonyl (C=O) groups excluding carboxylic acids is 1. The summed E-state index contributed by atoms with van der Waals surface area (Å²) in [5.41, 5.74) is 5.57. The summed E-state index contributed by atoms with van der Waals surface area (Å²) in [6.07, 6.45) is 2.04. The Morgan fingerprint density at radius 2 is 2.04 bits per heavy atom. The molecule has 25 heavy (non-hydrogen) atoms. The van der Waals surface area contributed by atoms with E-state index >= 15 is 0 Å². The molecule has 1 rings (SSSR count). The minimum absolute atomic E-state index is 0. The number of nitrogens with two attached hydrogens (primary N) is 1. The van der Waals surface area contributed by atoms with Gasteiger partial charge in [0.15, 0.2) is 5.96 Å². The molecule has 1 saturated heterocycles. The number of rotatable bonds is 6. The first kappa shape index (κ1) is 24.2. The fourth-order valence-corrected chi connectivity index (χ4v) is 2.61. The van der Waals surface area contributed by atoms with Gasteiger partial charge in [0.05, 0.1) is 13.2 Å². The van der Waals surface area contributed by atoms with Crippen LogP contribution in [0.4, 0.5) is 4.79 Å². The van der Waals surface area contributed by atoms with Crippen LogP contribution in [-0.4, -0.2) is 73.9 Å². The van der Waals surface area contributed by atoms with Crippen LogP contribution in [0.1, 0.15) is 40.5 Å². The average molecular weight is 470 g/mol. The van der Waals surface area contributed by atoms with Gasteiger partial charge in [-0.05, 0) is 39.5 Å². The van der Waals surface area contributed by atoms with E-state index in [1.165, 1.54) is 6.42 Å². The van der Waals surface area contributed by atoms with Crippen molar-refractivity contribution in [3.05, 3.63) is 0 Å². The molecule has 1 atom stereocenters. The Balaban J connectivity index is 0.00000576. The highest BCUT2D eigenvalue weighted by atomic mass is 127. The lowest BCUT2D eigenvalue weighted by Gasteiger charge is -2.32. The van der Waals surface area contributed by atoms with Crippen LogP contribution in [0.15, 0.2) is 4.99 Å². The molecule has 0 saturated carbocycles. The second kappa shape index (κ2) is 11.8. The van der Waals surface area contributed by atoms with Crippen LogP contribution in [0, 0.1) is 5.92 Å². The van der Waals surface area contributed by atoms with Gasteiger partial charge >= 0.3 is 6.09 Å². The Kier molecular flexibility index (Phi) is 11.4. The smallest absolute Gasteiger partial charge is 0.410 e. The molecular weight excluding hydrogens is 435 g/mol. The largest absolute Gasteiger partial charge is 0.444 e. The van der Waals surface area contributed by atoms with E-state index in [4.69, 9.17) is 15.2 Å². The summed E-state index contributed by atoms with van der Waals surface area (Å²) in [5.74, 6) is 1.21. The maximum Gasteiger partial charge on any atom is 0.410 e. The van der Waals surface area contributed by atoms with Gasteiger partial charge in [-0.2, -0.15) is 0 Å². The molecule has 0 aliphatic carbocycles. The molecule has 0 radical (unpaired) electrons. The van der Waals surface area contributed by atoms with Crippen molar-refractivity contribution in [3.63, 3.8) is 0 Å². The summed E-state index contributed by atoms with van der Waals surface area (Å²) < 4.78 is 10.5. The van der Waals surface area contributed by atoms with E-state index in [1.807, 2.05) is 20.8 Å². The Hall–Kier alpha value is -0.770. The molecule has 0 aromatic carbocycles.